The summed E-state index contributed by atoms with van der Waals surface area (Å²) in [6.07, 6.45) is 2.20. The van der Waals surface area contributed by atoms with Crippen LogP contribution in [-0.4, -0.2) is 21.8 Å². The van der Waals surface area contributed by atoms with Gasteiger partial charge in [0, 0.05) is 12.6 Å². The van der Waals surface area contributed by atoms with Gasteiger partial charge in [-0.1, -0.05) is 18.2 Å². The third-order valence-corrected chi connectivity index (χ3v) is 5.35. The van der Waals surface area contributed by atoms with Crippen LogP contribution in [0.1, 0.15) is 29.9 Å². The molecule has 1 fully saturated rings. The second kappa shape index (κ2) is 7.03. The van der Waals surface area contributed by atoms with E-state index in [9.17, 15) is 9.18 Å². The van der Waals surface area contributed by atoms with E-state index < -0.39 is 0 Å². The van der Waals surface area contributed by atoms with Crippen molar-refractivity contribution in [2.75, 3.05) is 0 Å². The van der Waals surface area contributed by atoms with E-state index >= 15 is 0 Å². The van der Waals surface area contributed by atoms with E-state index in [1.807, 2.05) is 35.4 Å². The molecule has 0 aliphatic heterocycles. The molecule has 134 valence electrons. The van der Waals surface area contributed by atoms with Crippen LogP contribution in [0, 0.1) is 12.7 Å². The van der Waals surface area contributed by atoms with Gasteiger partial charge >= 0.3 is 0 Å². The number of carbonyl (C=O) groups excluding carboxylic acids is 1. The molecular weight excluding hydrogens is 351 g/mol. The second-order valence-corrected chi connectivity index (χ2v) is 7.51. The van der Waals surface area contributed by atoms with Gasteiger partial charge in [0.1, 0.15) is 11.6 Å². The summed E-state index contributed by atoms with van der Waals surface area (Å²) >= 11 is 1.55. The fraction of sp³-hybridized carbons (Fsp3) is 0.300. The number of benzene rings is 1. The molecule has 4 nitrogen and oxygen atoms in total. The molecule has 4 rings (SSSR count). The molecule has 0 saturated heterocycles. The normalized spacial score (nSPS) is 13.8. The van der Waals surface area contributed by atoms with E-state index in [0.29, 0.717) is 23.9 Å². The number of amides is 1. The number of oxazole rings is 1. The molecule has 1 aliphatic carbocycles. The van der Waals surface area contributed by atoms with Crippen LogP contribution in [0.3, 0.4) is 0 Å². The molecule has 0 atom stereocenters. The van der Waals surface area contributed by atoms with Gasteiger partial charge in [-0.25, -0.2) is 9.37 Å². The number of hydrogen-bond donors (Lipinski definition) is 0. The molecular formula is C20H19FN2O2S. The highest BCUT2D eigenvalue weighted by molar-refractivity contribution is 7.13. The summed E-state index contributed by atoms with van der Waals surface area (Å²) in [5, 5.41) is 1.97. The van der Waals surface area contributed by atoms with E-state index in [1.165, 1.54) is 12.1 Å². The van der Waals surface area contributed by atoms with Gasteiger partial charge in [0.05, 0.1) is 17.0 Å². The minimum absolute atomic E-state index is 0.00545. The van der Waals surface area contributed by atoms with Crippen molar-refractivity contribution in [3.8, 4) is 10.8 Å². The SMILES string of the molecule is Cc1oc(-c2cccs2)nc1CC(=O)N(Cc1cccc(F)c1)C1CC1. The van der Waals surface area contributed by atoms with Gasteiger partial charge in [0.25, 0.3) is 0 Å². The smallest absolute Gasteiger partial charge is 0.236 e. The molecule has 1 aliphatic rings. The zero-order valence-electron chi connectivity index (χ0n) is 14.4. The number of aromatic nitrogens is 1. The highest BCUT2D eigenvalue weighted by Gasteiger charge is 2.33. The number of aryl methyl sites for hydroxylation is 1. The standard InChI is InChI=1S/C20H19FN2O2S/c1-13-17(22-20(25-13)18-6-3-9-26-18)11-19(24)23(16-7-8-16)12-14-4-2-5-15(21)10-14/h2-6,9-10,16H,7-8,11-12H2,1H3. The minimum atomic E-state index is -0.279. The number of thiophene rings is 1. The number of hydrogen-bond acceptors (Lipinski definition) is 4. The van der Waals surface area contributed by atoms with E-state index in [4.69, 9.17) is 4.42 Å². The van der Waals surface area contributed by atoms with E-state index in [1.54, 1.807) is 17.4 Å². The molecule has 1 amide bonds. The van der Waals surface area contributed by atoms with Gasteiger partial charge in [0.2, 0.25) is 11.8 Å². The predicted molar refractivity (Wildman–Crippen MR) is 98.2 cm³/mol. The zero-order chi connectivity index (χ0) is 18.1. The van der Waals surface area contributed by atoms with Crippen molar-refractivity contribution in [1.82, 2.24) is 9.88 Å². The lowest BCUT2D eigenvalue weighted by Gasteiger charge is -2.22. The summed E-state index contributed by atoms with van der Waals surface area (Å²) in [4.78, 5) is 20.2. The average molecular weight is 370 g/mol. The fourth-order valence-corrected chi connectivity index (χ4v) is 3.63. The van der Waals surface area contributed by atoms with Crippen LogP contribution in [0.2, 0.25) is 0 Å². The molecule has 0 spiro atoms. The summed E-state index contributed by atoms with van der Waals surface area (Å²) in [5.74, 6) is 0.955. The van der Waals surface area contributed by atoms with E-state index in [2.05, 4.69) is 4.98 Å². The predicted octanol–water partition coefficient (Wildman–Crippen LogP) is 4.58. The summed E-state index contributed by atoms with van der Waals surface area (Å²) in [6, 6.07) is 10.6. The molecule has 2 heterocycles. The molecule has 0 radical (unpaired) electrons. The van der Waals surface area contributed by atoms with Crippen molar-refractivity contribution in [3.63, 3.8) is 0 Å². The van der Waals surface area contributed by atoms with Gasteiger partial charge in [-0.05, 0) is 48.9 Å². The van der Waals surface area contributed by atoms with Gasteiger partial charge < -0.3 is 9.32 Å². The molecule has 1 saturated carbocycles. The van der Waals surface area contributed by atoms with Crippen molar-refractivity contribution in [2.45, 2.75) is 38.8 Å². The first-order valence-electron chi connectivity index (χ1n) is 8.64. The third-order valence-electron chi connectivity index (χ3n) is 4.49. The van der Waals surface area contributed by atoms with Crippen LogP contribution in [0.15, 0.2) is 46.2 Å². The van der Waals surface area contributed by atoms with Gasteiger partial charge in [0.15, 0.2) is 0 Å². The largest absolute Gasteiger partial charge is 0.440 e. The molecule has 0 bridgehead atoms. The lowest BCUT2D eigenvalue weighted by Crippen LogP contribution is -2.34. The minimum Gasteiger partial charge on any atom is -0.440 e. The maximum atomic E-state index is 13.4. The zero-order valence-corrected chi connectivity index (χ0v) is 15.3. The van der Waals surface area contributed by atoms with Crippen molar-refractivity contribution in [2.24, 2.45) is 0 Å². The van der Waals surface area contributed by atoms with E-state index in [-0.39, 0.29) is 24.2 Å². The Kier molecular flexibility index (Phi) is 4.59. The van der Waals surface area contributed by atoms with Crippen molar-refractivity contribution >= 4 is 17.2 Å². The molecule has 1 aromatic carbocycles. The first-order chi connectivity index (χ1) is 12.6. The quantitative estimate of drug-likeness (QED) is 0.638. The Labute approximate surface area is 155 Å². The molecule has 26 heavy (non-hydrogen) atoms. The van der Waals surface area contributed by atoms with Crippen molar-refractivity contribution in [3.05, 3.63) is 64.6 Å². The molecule has 6 heteroatoms. The highest BCUT2D eigenvalue weighted by Crippen LogP contribution is 2.30. The number of rotatable bonds is 6. The first kappa shape index (κ1) is 17.0. The Bertz CT molecular complexity index is 916. The maximum absolute atomic E-state index is 13.4. The van der Waals surface area contributed by atoms with Crippen LogP contribution in [0.4, 0.5) is 4.39 Å². The number of carbonyl (C=O) groups is 1. The second-order valence-electron chi connectivity index (χ2n) is 6.56. The Balaban J connectivity index is 1.50. The van der Waals surface area contributed by atoms with Crippen molar-refractivity contribution < 1.29 is 13.6 Å². The topological polar surface area (TPSA) is 46.3 Å². The number of nitrogens with zero attached hydrogens (tertiary/aromatic N) is 2. The van der Waals surface area contributed by atoms with Crippen LogP contribution < -0.4 is 0 Å². The summed E-state index contributed by atoms with van der Waals surface area (Å²) in [6.45, 7) is 2.26. The van der Waals surface area contributed by atoms with Crippen LogP contribution >= 0.6 is 11.3 Å². The van der Waals surface area contributed by atoms with Crippen LogP contribution in [-0.2, 0) is 17.8 Å². The Morgan fingerprint density at radius 1 is 1.35 bits per heavy atom. The third kappa shape index (κ3) is 3.70. The Morgan fingerprint density at radius 3 is 2.88 bits per heavy atom. The van der Waals surface area contributed by atoms with E-state index in [0.717, 1.165) is 23.3 Å². The summed E-state index contributed by atoms with van der Waals surface area (Å²) in [7, 11) is 0. The lowest BCUT2D eigenvalue weighted by atomic mass is 10.2. The van der Waals surface area contributed by atoms with Crippen LogP contribution in [0.5, 0.6) is 0 Å². The summed E-state index contributed by atoms with van der Waals surface area (Å²) in [5.41, 5.74) is 1.48. The Hall–Kier alpha value is -2.47. The van der Waals surface area contributed by atoms with Crippen molar-refractivity contribution in [1.29, 1.82) is 0 Å². The molecule has 0 N–H and O–H groups in total. The molecule has 0 unspecified atom stereocenters. The van der Waals surface area contributed by atoms with Crippen LogP contribution in [0.25, 0.3) is 10.8 Å². The maximum Gasteiger partial charge on any atom is 0.236 e. The highest BCUT2D eigenvalue weighted by atomic mass is 32.1. The monoisotopic (exact) mass is 370 g/mol. The first-order valence-corrected chi connectivity index (χ1v) is 9.52. The fourth-order valence-electron chi connectivity index (χ4n) is 2.98. The summed E-state index contributed by atoms with van der Waals surface area (Å²) < 4.78 is 19.2. The average Bonchev–Trinajstić information content (AvgIpc) is 3.17. The molecule has 2 aromatic heterocycles. The van der Waals surface area contributed by atoms with Gasteiger partial charge in [-0.2, -0.15) is 0 Å². The lowest BCUT2D eigenvalue weighted by molar-refractivity contribution is -0.131. The Morgan fingerprint density at radius 2 is 2.19 bits per heavy atom. The number of halogens is 1. The molecule has 3 aromatic rings. The van der Waals surface area contributed by atoms with Gasteiger partial charge in [-0.15, -0.1) is 11.3 Å². The van der Waals surface area contributed by atoms with Gasteiger partial charge in [-0.3, -0.25) is 4.79 Å².